The van der Waals surface area contributed by atoms with Crippen molar-refractivity contribution in [2.75, 3.05) is 11.1 Å². The number of sulfone groups is 1. The van der Waals surface area contributed by atoms with Gasteiger partial charge in [-0.1, -0.05) is 48.3 Å². The highest BCUT2D eigenvalue weighted by Crippen LogP contribution is 2.35. The van der Waals surface area contributed by atoms with E-state index in [1.165, 1.54) is 42.7 Å². The van der Waals surface area contributed by atoms with Crippen molar-refractivity contribution in [2.45, 2.75) is 49.8 Å². The van der Waals surface area contributed by atoms with E-state index < -0.39 is 21.5 Å². The minimum absolute atomic E-state index is 0.147. The summed E-state index contributed by atoms with van der Waals surface area (Å²) < 4.78 is 24.6. The number of anilines is 1. The Bertz CT molecular complexity index is 838. The SMILES string of the molecule is Cc1ccc(S(=O)(=O)CC(=O)Nc2nnc(C3CCCCC3)s2)cc1. The van der Waals surface area contributed by atoms with E-state index >= 15 is 0 Å². The van der Waals surface area contributed by atoms with Crippen molar-refractivity contribution in [2.24, 2.45) is 0 Å². The first-order chi connectivity index (χ1) is 11.9. The van der Waals surface area contributed by atoms with Crippen LogP contribution in [0.3, 0.4) is 0 Å². The molecule has 1 aliphatic carbocycles. The monoisotopic (exact) mass is 379 g/mol. The van der Waals surface area contributed by atoms with E-state index in [4.69, 9.17) is 0 Å². The summed E-state index contributed by atoms with van der Waals surface area (Å²) in [6.45, 7) is 1.88. The van der Waals surface area contributed by atoms with Gasteiger partial charge >= 0.3 is 0 Å². The normalized spacial score (nSPS) is 15.9. The van der Waals surface area contributed by atoms with Gasteiger partial charge in [0.2, 0.25) is 11.0 Å². The van der Waals surface area contributed by atoms with E-state index in [1.54, 1.807) is 12.1 Å². The first kappa shape index (κ1) is 18.0. The van der Waals surface area contributed by atoms with Crippen molar-refractivity contribution >= 4 is 32.2 Å². The predicted molar refractivity (Wildman–Crippen MR) is 97.6 cm³/mol. The molecule has 1 N–H and O–H groups in total. The Balaban J connectivity index is 1.62. The highest BCUT2D eigenvalue weighted by atomic mass is 32.2. The molecule has 0 unspecified atom stereocenters. The molecule has 134 valence electrons. The Morgan fingerprint density at radius 2 is 1.84 bits per heavy atom. The third kappa shape index (κ3) is 4.64. The van der Waals surface area contributed by atoms with Gasteiger partial charge in [0.25, 0.3) is 0 Å². The van der Waals surface area contributed by atoms with Gasteiger partial charge in [-0.2, -0.15) is 0 Å². The maximum atomic E-state index is 12.3. The molecule has 0 atom stereocenters. The Kier molecular flexibility index (Phi) is 5.48. The van der Waals surface area contributed by atoms with Crippen LogP contribution in [0.4, 0.5) is 5.13 Å². The molecule has 1 aromatic heterocycles. The average Bonchev–Trinajstić information content (AvgIpc) is 3.04. The number of rotatable bonds is 5. The molecular weight excluding hydrogens is 358 g/mol. The minimum atomic E-state index is -3.67. The lowest BCUT2D eigenvalue weighted by Crippen LogP contribution is -2.23. The Hall–Kier alpha value is -1.80. The van der Waals surface area contributed by atoms with Crippen LogP contribution in [0.1, 0.15) is 48.6 Å². The molecule has 8 heteroatoms. The molecule has 0 bridgehead atoms. The molecule has 1 heterocycles. The fraction of sp³-hybridized carbons (Fsp3) is 0.471. The zero-order valence-corrected chi connectivity index (χ0v) is 15.7. The lowest BCUT2D eigenvalue weighted by molar-refractivity contribution is -0.113. The molecule has 1 aromatic carbocycles. The molecule has 1 fully saturated rings. The zero-order chi connectivity index (χ0) is 17.9. The van der Waals surface area contributed by atoms with Gasteiger partial charge in [0, 0.05) is 5.92 Å². The minimum Gasteiger partial charge on any atom is -0.300 e. The largest absolute Gasteiger partial charge is 0.300 e. The maximum Gasteiger partial charge on any atom is 0.241 e. The number of hydrogen-bond acceptors (Lipinski definition) is 6. The van der Waals surface area contributed by atoms with Crippen molar-refractivity contribution in [3.63, 3.8) is 0 Å². The van der Waals surface area contributed by atoms with Gasteiger partial charge in [-0.05, 0) is 31.9 Å². The van der Waals surface area contributed by atoms with Crippen molar-refractivity contribution in [3.8, 4) is 0 Å². The smallest absolute Gasteiger partial charge is 0.241 e. The number of amides is 1. The predicted octanol–water partition coefficient (Wildman–Crippen LogP) is 3.31. The van der Waals surface area contributed by atoms with Crippen LogP contribution in [-0.4, -0.2) is 30.3 Å². The van der Waals surface area contributed by atoms with Crippen LogP contribution in [0.25, 0.3) is 0 Å². The van der Waals surface area contributed by atoms with E-state index in [0.29, 0.717) is 11.0 Å². The van der Waals surface area contributed by atoms with Gasteiger partial charge in [-0.25, -0.2) is 8.42 Å². The molecule has 6 nitrogen and oxygen atoms in total. The van der Waals surface area contributed by atoms with Gasteiger partial charge in [-0.3, -0.25) is 10.1 Å². The van der Waals surface area contributed by atoms with Gasteiger partial charge in [0.05, 0.1) is 4.90 Å². The number of aryl methyl sites for hydroxylation is 1. The Labute approximate surface area is 151 Å². The quantitative estimate of drug-likeness (QED) is 0.861. The number of nitrogens with zero attached hydrogens (tertiary/aromatic N) is 2. The average molecular weight is 380 g/mol. The summed E-state index contributed by atoms with van der Waals surface area (Å²) in [7, 11) is -3.67. The Morgan fingerprint density at radius 3 is 2.52 bits per heavy atom. The van der Waals surface area contributed by atoms with Gasteiger partial charge in [0.15, 0.2) is 9.84 Å². The standard InChI is InChI=1S/C17H21N3O3S2/c1-12-7-9-14(10-8-12)25(22,23)11-15(21)18-17-20-19-16(24-17)13-5-3-2-4-6-13/h7-10,13H,2-6,11H2,1H3,(H,18,20,21). The molecule has 0 radical (unpaired) electrons. The molecule has 1 saturated carbocycles. The van der Waals surface area contributed by atoms with Gasteiger partial charge in [-0.15, -0.1) is 10.2 Å². The molecule has 0 aliphatic heterocycles. The summed E-state index contributed by atoms with van der Waals surface area (Å²) in [5, 5.41) is 12.0. The summed E-state index contributed by atoms with van der Waals surface area (Å²) in [6, 6.07) is 6.46. The summed E-state index contributed by atoms with van der Waals surface area (Å²) >= 11 is 1.34. The fourth-order valence-electron chi connectivity index (χ4n) is 2.96. The summed E-state index contributed by atoms with van der Waals surface area (Å²) in [5.41, 5.74) is 0.965. The van der Waals surface area contributed by atoms with Gasteiger partial charge in [0.1, 0.15) is 10.8 Å². The molecule has 0 spiro atoms. The second kappa shape index (κ2) is 7.61. The summed E-state index contributed by atoms with van der Waals surface area (Å²) in [6.07, 6.45) is 5.85. The van der Waals surface area contributed by atoms with E-state index in [1.807, 2.05) is 6.92 Å². The number of nitrogens with one attached hydrogen (secondary N) is 1. The van der Waals surface area contributed by atoms with Crippen LogP contribution < -0.4 is 5.32 Å². The van der Waals surface area contributed by atoms with E-state index in [-0.39, 0.29) is 4.90 Å². The van der Waals surface area contributed by atoms with Crippen LogP contribution in [0.5, 0.6) is 0 Å². The molecule has 1 amide bonds. The van der Waals surface area contributed by atoms with Crippen molar-refractivity contribution < 1.29 is 13.2 Å². The van der Waals surface area contributed by atoms with Crippen molar-refractivity contribution in [1.29, 1.82) is 0 Å². The first-order valence-corrected chi connectivity index (χ1v) is 10.8. The third-order valence-corrected chi connectivity index (χ3v) is 6.98. The molecule has 25 heavy (non-hydrogen) atoms. The number of aromatic nitrogens is 2. The van der Waals surface area contributed by atoms with Crippen LogP contribution in [0.2, 0.25) is 0 Å². The number of hydrogen-bond donors (Lipinski definition) is 1. The van der Waals surface area contributed by atoms with Crippen molar-refractivity contribution in [1.82, 2.24) is 10.2 Å². The molecular formula is C17H21N3O3S2. The number of carbonyl (C=O) groups excluding carboxylic acids is 1. The second-order valence-corrected chi connectivity index (χ2v) is 9.40. The van der Waals surface area contributed by atoms with Crippen LogP contribution >= 0.6 is 11.3 Å². The summed E-state index contributed by atoms with van der Waals surface area (Å²) in [4.78, 5) is 12.2. The third-order valence-electron chi connectivity index (χ3n) is 4.34. The summed E-state index contributed by atoms with van der Waals surface area (Å²) in [5.74, 6) is -0.783. The highest BCUT2D eigenvalue weighted by Gasteiger charge is 2.22. The number of carbonyl (C=O) groups is 1. The first-order valence-electron chi connectivity index (χ1n) is 8.37. The van der Waals surface area contributed by atoms with Crippen LogP contribution in [0.15, 0.2) is 29.2 Å². The zero-order valence-electron chi connectivity index (χ0n) is 14.1. The van der Waals surface area contributed by atoms with E-state index in [0.717, 1.165) is 23.4 Å². The molecule has 1 aliphatic rings. The molecule has 3 rings (SSSR count). The van der Waals surface area contributed by atoms with Crippen LogP contribution in [0, 0.1) is 6.92 Å². The topological polar surface area (TPSA) is 89.0 Å². The molecule has 0 saturated heterocycles. The lowest BCUT2D eigenvalue weighted by atomic mass is 9.90. The Morgan fingerprint density at radius 1 is 1.16 bits per heavy atom. The fourth-order valence-corrected chi connectivity index (χ4v) is 5.02. The van der Waals surface area contributed by atoms with E-state index in [2.05, 4.69) is 15.5 Å². The van der Waals surface area contributed by atoms with E-state index in [9.17, 15) is 13.2 Å². The highest BCUT2D eigenvalue weighted by molar-refractivity contribution is 7.92. The van der Waals surface area contributed by atoms with Crippen LogP contribution in [-0.2, 0) is 14.6 Å². The van der Waals surface area contributed by atoms with Gasteiger partial charge < -0.3 is 0 Å². The maximum absolute atomic E-state index is 12.3. The molecule has 2 aromatic rings. The van der Waals surface area contributed by atoms with Crippen molar-refractivity contribution in [3.05, 3.63) is 34.8 Å². The lowest BCUT2D eigenvalue weighted by Gasteiger charge is -2.18. The number of benzene rings is 1. The second-order valence-electron chi connectivity index (χ2n) is 6.40.